The van der Waals surface area contributed by atoms with E-state index in [1.54, 1.807) is 18.2 Å². The first-order chi connectivity index (χ1) is 4.24. The molecule has 0 aliphatic carbocycles. The first-order valence-corrected chi connectivity index (χ1v) is 3.52. The molecule has 2 heteroatoms. The highest BCUT2D eigenvalue weighted by Crippen LogP contribution is 2.12. The first-order valence-electron chi connectivity index (χ1n) is 2.70. The van der Waals surface area contributed by atoms with E-state index in [0.717, 1.165) is 0 Å². The van der Waals surface area contributed by atoms with Crippen LogP contribution < -0.4 is 0 Å². The molecule has 0 rings (SSSR count). The summed E-state index contributed by atoms with van der Waals surface area (Å²) in [4.78, 5) is 0. The summed E-state index contributed by atoms with van der Waals surface area (Å²) in [5, 5.41) is 0. The van der Waals surface area contributed by atoms with E-state index in [9.17, 15) is 0 Å². The van der Waals surface area contributed by atoms with Crippen molar-refractivity contribution in [3.63, 3.8) is 0 Å². The largest absolute Gasteiger partial charge is 0.412 e. The summed E-state index contributed by atoms with van der Waals surface area (Å²) in [6, 6.07) is 0. The Labute approximate surface area is 59.3 Å². The third-order valence-electron chi connectivity index (χ3n) is 1.31. The van der Waals surface area contributed by atoms with Gasteiger partial charge in [0.2, 0.25) is 0 Å². The van der Waals surface area contributed by atoms with Crippen LogP contribution in [-0.4, -0.2) is 16.1 Å². The van der Waals surface area contributed by atoms with Crippen LogP contribution in [0.1, 0.15) is 0 Å². The van der Waals surface area contributed by atoms with Gasteiger partial charge >= 0.3 is 0 Å². The number of hydrogen-bond acceptors (Lipinski definition) is 1. The summed E-state index contributed by atoms with van der Waals surface area (Å²) in [5.41, 5.74) is -0.480. The van der Waals surface area contributed by atoms with Gasteiger partial charge in [0.05, 0.1) is 0 Å². The van der Waals surface area contributed by atoms with Crippen LogP contribution in [0.4, 0.5) is 0 Å². The van der Waals surface area contributed by atoms with Gasteiger partial charge in [0.25, 0.3) is 0 Å². The lowest BCUT2D eigenvalue weighted by Crippen LogP contribution is -2.22. The molecule has 1 nitrogen and oxygen atoms in total. The fourth-order valence-electron chi connectivity index (χ4n) is 0.500. The molecule has 0 aromatic heterocycles. The molecule has 0 saturated heterocycles. The maximum Gasteiger partial charge on any atom is 0.148 e. The maximum absolute atomic E-state index is 5.17. The highest BCUT2D eigenvalue weighted by Gasteiger charge is 2.13. The van der Waals surface area contributed by atoms with Crippen molar-refractivity contribution in [2.24, 2.45) is 0 Å². The van der Waals surface area contributed by atoms with Gasteiger partial charge in [-0.1, -0.05) is 38.0 Å². The van der Waals surface area contributed by atoms with E-state index < -0.39 is 5.60 Å². The molecule has 0 fully saturated rings. The average Bonchev–Trinajstić information content (AvgIpc) is 1.95. The average molecular weight is 140 g/mol. The molecule has 0 atom stereocenters. The van der Waals surface area contributed by atoms with Crippen molar-refractivity contribution in [1.82, 2.24) is 0 Å². The first kappa shape index (κ1) is 8.40. The summed E-state index contributed by atoms with van der Waals surface area (Å²) < 4.78 is 5.17. The summed E-state index contributed by atoms with van der Waals surface area (Å²) in [7, 11) is 0.661. The van der Waals surface area contributed by atoms with Gasteiger partial charge in [-0.3, -0.25) is 0 Å². The summed E-state index contributed by atoms with van der Waals surface area (Å²) in [6.07, 6.45) is 5.04. The van der Waals surface area contributed by atoms with Crippen LogP contribution >= 0.6 is 0 Å². The van der Waals surface area contributed by atoms with Gasteiger partial charge in [0.1, 0.15) is 16.1 Å². The standard InChI is InChI=1S/C7H12OSi/c1-4-7(5-2,6-3)8-9/h4-6H,1-3H2,9H3. The normalized spacial score (nSPS) is 10.7. The second-order valence-electron chi connectivity index (χ2n) is 1.67. The van der Waals surface area contributed by atoms with E-state index in [0.29, 0.717) is 10.5 Å². The molecule has 0 aliphatic heterocycles. The van der Waals surface area contributed by atoms with E-state index in [-0.39, 0.29) is 0 Å². The molecule has 0 aliphatic rings. The lowest BCUT2D eigenvalue weighted by Gasteiger charge is -2.20. The van der Waals surface area contributed by atoms with Crippen LogP contribution in [-0.2, 0) is 4.43 Å². The van der Waals surface area contributed by atoms with Crippen LogP contribution in [0, 0.1) is 0 Å². The smallest absolute Gasteiger partial charge is 0.148 e. The Balaban J connectivity index is 4.34. The van der Waals surface area contributed by atoms with E-state index in [2.05, 4.69) is 19.7 Å². The predicted octanol–water partition coefficient (Wildman–Crippen LogP) is 0.580. The summed E-state index contributed by atoms with van der Waals surface area (Å²) in [6.45, 7) is 10.8. The molecule has 0 amide bonds. The fraction of sp³-hybridized carbons (Fsp3) is 0.143. The van der Waals surface area contributed by atoms with Crippen molar-refractivity contribution in [3.05, 3.63) is 38.0 Å². The number of hydrogen-bond donors (Lipinski definition) is 0. The molecule has 0 bridgehead atoms. The zero-order chi connectivity index (χ0) is 7.33. The molecule has 0 aromatic rings. The second-order valence-corrected chi connectivity index (χ2v) is 2.08. The Morgan fingerprint density at radius 2 is 1.44 bits per heavy atom. The third kappa shape index (κ3) is 1.66. The van der Waals surface area contributed by atoms with Gasteiger partial charge in [-0.15, -0.1) is 0 Å². The van der Waals surface area contributed by atoms with Crippen LogP contribution in [0.25, 0.3) is 0 Å². The molecule has 0 N–H and O–H groups in total. The van der Waals surface area contributed by atoms with E-state index in [1.165, 1.54) is 0 Å². The highest BCUT2D eigenvalue weighted by molar-refractivity contribution is 5.98. The van der Waals surface area contributed by atoms with Crippen molar-refractivity contribution in [2.75, 3.05) is 0 Å². The SMILES string of the molecule is C=CC(C=C)(C=C)O[SiH3]. The Kier molecular flexibility index (Phi) is 3.20. The van der Waals surface area contributed by atoms with Crippen molar-refractivity contribution in [2.45, 2.75) is 5.60 Å². The fourth-order valence-corrected chi connectivity index (χ4v) is 1.00. The molecule has 0 aromatic carbocycles. The summed E-state index contributed by atoms with van der Waals surface area (Å²) in [5.74, 6) is 0. The van der Waals surface area contributed by atoms with Crippen LogP contribution in [0.15, 0.2) is 38.0 Å². The van der Waals surface area contributed by atoms with E-state index in [4.69, 9.17) is 4.43 Å². The Bertz CT molecular complexity index is 107. The van der Waals surface area contributed by atoms with Crippen LogP contribution in [0.2, 0.25) is 0 Å². The van der Waals surface area contributed by atoms with E-state index in [1.807, 2.05) is 0 Å². The van der Waals surface area contributed by atoms with Gasteiger partial charge in [0.15, 0.2) is 0 Å². The molecule has 0 radical (unpaired) electrons. The molecule has 0 spiro atoms. The predicted molar refractivity (Wildman–Crippen MR) is 44.3 cm³/mol. The Hall–Kier alpha value is -0.603. The van der Waals surface area contributed by atoms with Gasteiger partial charge in [-0.05, 0) is 0 Å². The zero-order valence-corrected chi connectivity index (χ0v) is 7.76. The minimum Gasteiger partial charge on any atom is -0.412 e. The van der Waals surface area contributed by atoms with E-state index >= 15 is 0 Å². The van der Waals surface area contributed by atoms with Gasteiger partial charge < -0.3 is 4.43 Å². The Morgan fingerprint density at radius 1 is 1.11 bits per heavy atom. The van der Waals surface area contributed by atoms with Crippen LogP contribution in [0.3, 0.4) is 0 Å². The molecule has 50 valence electrons. The zero-order valence-electron chi connectivity index (χ0n) is 5.76. The molecule has 0 heterocycles. The molecular weight excluding hydrogens is 128 g/mol. The minimum absolute atomic E-state index is 0.480. The lowest BCUT2D eigenvalue weighted by molar-refractivity contribution is 0.247. The van der Waals surface area contributed by atoms with Crippen molar-refractivity contribution in [1.29, 1.82) is 0 Å². The monoisotopic (exact) mass is 140 g/mol. The van der Waals surface area contributed by atoms with Crippen molar-refractivity contribution < 1.29 is 4.43 Å². The quantitative estimate of drug-likeness (QED) is 0.410. The van der Waals surface area contributed by atoms with Gasteiger partial charge in [0, 0.05) is 0 Å². The van der Waals surface area contributed by atoms with Gasteiger partial charge in [-0.25, -0.2) is 0 Å². The maximum atomic E-state index is 5.17. The Morgan fingerprint density at radius 3 is 1.44 bits per heavy atom. The number of rotatable bonds is 4. The van der Waals surface area contributed by atoms with Crippen LogP contribution in [0.5, 0.6) is 0 Å². The molecular formula is C7H12OSi. The molecule has 9 heavy (non-hydrogen) atoms. The third-order valence-corrected chi connectivity index (χ3v) is 2.02. The topological polar surface area (TPSA) is 9.23 Å². The highest BCUT2D eigenvalue weighted by atomic mass is 28.2. The lowest BCUT2D eigenvalue weighted by atomic mass is 10.1. The van der Waals surface area contributed by atoms with Gasteiger partial charge in [-0.2, -0.15) is 0 Å². The van der Waals surface area contributed by atoms with Crippen molar-refractivity contribution >= 4 is 10.5 Å². The minimum atomic E-state index is -0.480. The molecule has 0 saturated carbocycles. The second kappa shape index (κ2) is 3.43. The van der Waals surface area contributed by atoms with Crippen molar-refractivity contribution in [3.8, 4) is 0 Å². The molecule has 0 unspecified atom stereocenters. The summed E-state index contributed by atoms with van der Waals surface area (Å²) >= 11 is 0.